The van der Waals surface area contributed by atoms with Gasteiger partial charge in [-0.3, -0.25) is 0 Å². The van der Waals surface area contributed by atoms with E-state index < -0.39 is 0 Å². The average Bonchev–Trinajstić information content (AvgIpc) is 3.07. The number of hydrogen-bond donors (Lipinski definition) is 1. The molecule has 1 aliphatic rings. The molecule has 20 heavy (non-hydrogen) atoms. The molecule has 2 heterocycles. The Labute approximate surface area is 118 Å². The fourth-order valence-corrected chi connectivity index (χ4v) is 3.23. The molecule has 0 saturated carbocycles. The molecule has 3 rings (SSSR count). The maximum atomic E-state index is 13.7. The standard InChI is InChI=1S/C16H20FNO2/c1-3-13-11(7-8-19-13)15(18-2)14-9-10-5-4-6-12(17)16(10)20-14/h4-6,9,11,13,15,18H,3,7-8H2,1-2H3. The van der Waals surface area contributed by atoms with Gasteiger partial charge in [-0.25, -0.2) is 4.39 Å². The van der Waals surface area contributed by atoms with E-state index in [1.165, 1.54) is 6.07 Å². The summed E-state index contributed by atoms with van der Waals surface area (Å²) in [7, 11) is 1.92. The summed E-state index contributed by atoms with van der Waals surface area (Å²) >= 11 is 0. The van der Waals surface area contributed by atoms with Gasteiger partial charge in [0.25, 0.3) is 0 Å². The molecule has 2 aromatic rings. The Morgan fingerprint density at radius 2 is 2.30 bits per heavy atom. The number of halogens is 1. The lowest BCUT2D eigenvalue weighted by Crippen LogP contribution is -2.30. The molecule has 1 N–H and O–H groups in total. The topological polar surface area (TPSA) is 34.4 Å². The second-order valence-corrected chi connectivity index (χ2v) is 5.34. The van der Waals surface area contributed by atoms with Crippen LogP contribution >= 0.6 is 0 Å². The van der Waals surface area contributed by atoms with E-state index in [-0.39, 0.29) is 18.0 Å². The Morgan fingerprint density at radius 1 is 1.45 bits per heavy atom. The molecular weight excluding hydrogens is 257 g/mol. The van der Waals surface area contributed by atoms with Crippen molar-refractivity contribution in [2.45, 2.75) is 31.9 Å². The molecular formula is C16H20FNO2. The van der Waals surface area contributed by atoms with E-state index in [0.717, 1.165) is 30.6 Å². The van der Waals surface area contributed by atoms with Crippen LogP contribution < -0.4 is 5.32 Å². The number of hydrogen-bond acceptors (Lipinski definition) is 3. The van der Waals surface area contributed by atoms with E-state index in [2.05, 4.69) is 12.2 Å². The zero-order chi connectivity index (χ0) is 14.1. The molecule has 0 bridgehead atoms. The van der Waals surface area contributed by atoms with Gasteiger partial charge < -0.3 is 14.5 Å². The fourth-order valence-electron chi connectivity index (χ4n) is 3.23. The van der Waals surface area contributed by atoms with Gasteiger partial charge >= 0.3 is 0 Å². The third-order valence-corrected chi connectivity index (χ3v) is 4.22. The number of furan rings is 1. The summed E-state index contributed by atoms with van der Waals surface area (Å²) in [6.07, 6.45) is 2.23. The van der Waals surface area contributed by atoms with Crippen LogP contribution in [-0.2, 0) is 4.74 Å². The van der Waals surface area contributed by atoms with Crippen LogP contribution in [-0.4, -0.2) is 19.8 Å². The molecule has 0 spiro atoms. The van der Waals surface area contributed by atoms with Crippen molar-refractivity contribution in [2.75, 3.05) is 13.7 Å². The highest BCUT2D eigenvalue weighted by atomic mass is 19.1. The monoisotopic (exact) mass is 277 g/mol. The number of benzene rings is 1. The molecule has 0 radical (unpaired) electrons. The summed E-state index contributed by atoms with van der Waals surface area (Å²) in [4.78, 5) is 0. The van der Waals surface area contributed by atoms with Crippen molar-refractivity contribution in [3.8, 4) is 0 Å². The van der Waals surface area contributed by atoms with E-state index >= 15 is 0 Å². The Kier molecular flexibility index (Phi) is 3.76. The minimum absolute atomic E-state index is 0.0641. The second kappa shape index (κ2) is 5.54. The molecule has 3 nitrogen and oxygen atoms in total. The highest BCUT2D eigenvalue weighted by Gasteiger charge is 2.35. The molecule has 0 amide bonds. The van der Waals surface area contributed by atoms with Gasteiger partial charge in [-0.15, -0.1) is 0 Å². The second-order valence-electron chi connectivity index (χ2n) is 5.34. The molecule has 1 aliphatic heterocycles. The molecule has 3 unspecified atom stereocenters. The third kappa shape index (κ3) is 2.23. The number of para-hydroxylation sites is 1. The van der Waals surface area contributed by atoms with Crippen molar-refractivity contribution in [1.82, 2.24) is 5.32 Å². The summed E-state index contributed by atoms with van der Waals surface area (Å²) in [6, 6.07) is 7.01. The molecule has 1 saturated heterocycles. The lowest BCUT2D eigenvalue weighted by molar-refractivity contribution is 0.0759. The summed E-state index contributed by atoms with van der Waals surface area (Å²) in [5, 5.41) is 4.12. The molecule has 1 fully saturated rings. The van der Waals surface area contributed by atoms with E-state index in [1.54, 1.807) is 6.07 Å². The van der Waals surface area contributed by atoms with Gasteiger partial charge in [0.1, 0.15) is 5.76 Å². The largest absolute Gasteiger partial charge is 0.456 e. The Bertz CT molecular complexity index is 595. The van der Waals surface area contributed by atoms with Crippen LogP contribution in [0.5, 0.6) is 0 Å². The highest BCUT2D eigenvalue weighted by molar-refractivity contribution is 5.78. The summed E-state index contributed by atoms with van der Waals surface area (Å²) in [5.41, 5.74) is 0.342. The lowest BCUT2D eigenvalue weighted by Gasteiger charge is -2.25. The Hall–Kier alpha value is -1.39. The lowest BCUT2D eigenvalue weighted by atomic mass is 9.90. The van der Waals surface area contributed by atoms with Crippen LogP contribution in [0.15, 0.2) is 28.7 Å². The van der Waals surface area contributed by atoms with Crippen molar-refractivity contribution in [3.05, 3.63) is 35.8 Å². The van der Waals surface area contributed by atoms with Gasteiger partial charge in [0.15, 0.2) is 11.4 Å². The average molecular weight is 277 g/mol. The smallest absolute Gasteiger partial charge is 0.169 e. The molecule has 1 aromatic carbocycles. The maximum absolute atomic E-state index is 13.7. The van der Waals surface area contributed by atoms with Gasteiger partial charge in [-0.05, 0) is 32.0 Å². The number of nitrogens with one attached hydrogen (secondary N) is 1. The predicted molar refractivity (Wildman–Crippen MR) is 76.1 cm³/mol. The first kappa shape index (κ1) is 13.6. The van der Waals surface area contributed by atoms with Gasteiger partial charge in [-0.1, -0.05) is 19.1 Å². The Balaban J connectivity index is 1.97. The SMILES string of the molecule is CCC1OCCC1C(NC)c1cc2cccc(F)c2o1. The first-order valence-electron chi connectivity index (χ1n) is 7.21. The van der Waals surface area contributed by atoms with Crippen LogP contribution in [0.3, 0.4) is 0 Å². The molecule has 1 aromatic heterocycles. The van der Waals surface area contributed by atoms with Crippen molar-refractivity contribution in [2.24, 2.45) is 5.92 Å². The molecule has 0 aliphatic carbocycles. The molecule has 4 heteroatoms. The third-order valence-electron chi connectivity index (χ3n) is 4.22. The van der Waals surface area contributed by atoms with E-state index in [4.69, 9.17) is 9.15 Å². The van der Waals surface area contributed by atoms with Gasteiger partial charge in [0.05, 0.1) is 12.1 Å². The fraction of sp³-hybridized carbons (Fsp3) is 0.500. The van der Waals surface area contributed by atoms with Crippen molar-refractivity contribution >= 4 is 11.0 Å². The van der Waals surface area contributed by atoms with Crippen molar-refractivity contribution in [3.63, 3.8) is 0 Å². The van der Waals surface area contributed by atoms with Crippen LogP contribution in [0.2, 0.25) is 0 Å². The quantitative estimate of drug-likeness (QED) is 0.926. The van der Waals surface area contributed by atoms with Crippen LogP contribution in [0.25, 0.3) is 11.0 Å². The normalized spacial score (nSPS) is 24.4. The van der Waals surface area contributed by atoms with E-state index in [0.29, 0.717) is 11.5 Å². The summed E-state index contributed by atoms with van der Waals surface area (Å²) in [5.74, 6) is 0.855. The first-order chi connectivity index (χ1) is 9.74. The van der Waals surface area contributed by atoms with Crippen molar-refractivity contribution in [1.29, 1.82) is 0 Å². The summed E-state index contributed by atoms with van der Waals surface area (Å²) < 4.78 is 25.3. The maximum Gasteiger partial charge on any atom is 0.169 e. The zero-order valence-corrected chi connectivity index (χ0v) is 11.9. The Morgan fingerprint density at radius 3 is 3.00 bits per heavy atom. The van der Waals surface area contributed by atoms with Gasteiger partial charge in [-0.2, -0.15) is 0 Å². The summed E-state index contributed by atoms with van der Waals surface area (Å²) in [6.45, 7) is 2.92. The van der Waals surface area contributed by atoms with Crippen LogP contribution in [0.1, 0.15) is 31.6 Å². The minimum Gasteiger partial charge on any atom is -0.456 e. The van der Waals surface area contributed by atoms with Crippen molar-refractivity contribution < 1.29 is 13.5 Å². The minimum atomic E-state index is -0.307. The number of fused-ring (bicyclic) bond motifs is 1. The van der Waals surface area contributed by atoms with Crippen LogP contribution in [0, 0.1) is 11.7 Å². The first-order valence-corrected chi connectivity index (χ1v) is 7.21. The highest BCUT2D eigenvalue weighted by Crippen LogP contribution is 2.37. The van der Waals surface area contributed by atoms with Crippen LogP contribution in [0.4, 0.5) is 4.39 Å². The van der Waals surface area contributed by atoms with E-state index in [1.807, 2.05) is 19.2 Å². The molecule has 108 valence electrons. The predicted octanol–water partition coefficient (Wildman–Crippen LogP) is 3.65. The number of ether oxygens (including phenoxy) is 1. The van der Waals surface area contributed by atoms with Gasteiger partial charge in [0, 0.05) is 17.9 Å². The molecule has 3 atom stereocenters. The van der Waals surface area contributed by atoms with E-state index in [9.17, 15) is 4.39 Å². The number of rotatable bonds is 4. The zero-order valence-electron chi connectivity index (χ0n) is 11.9. The van der Waals surface area contributed by atoms with Gasteiger partial charge in [0.2, 0.25) is 0 Å².